The molecule has 0 N–H and O–H groups in total. The zero-order chi connectivity index (χ0) is 13.7. The highest BCUT2D eigenvalue weighted by molar-refractivity contribution is 5.90. The molecule has 0 heteroatoms. The number of hydrogen-bond acceptors (Lipinski definition) is 0. The van der Waals surface area contributed by atoms with Gasteiger partial charge in [-0.25, -0.2) is 0 Å². The van der Waals surface area contributed by atoms with E-state index in [0.717, 1.165) is 6.42 Å². The summed E-state index contributed by atoms with van der Waals surface area (Å²) < 4.78 is 0. The molecule has 4 rings (SSSR count). The van der Waals surface area contributed by atoms with Gasteiger partial charge in [-0.05, 0) is 61.4 Å². The molecular weight excluding hydrogens is 240 g/mol. The highest BCUT2D eigenvalue weighted by atomic mass is 14.2. The van der Waals surface area contributed by atoms with Gasteiger partial charge in [0.05, 0.1) is 22.9 Å². The fraction of sp³-hybridized carbons (Fsp3) is 0.150. The smallest absolute Gasteiger partial charge is 0.0508 e. The summed E-state index contributed by atoms with van der Waals surface area (Å²) in [5, 5.41) is 2.72. The van der Waals surface area contributed by atoms with Crippen LogP contribution in [-0.4, -0.2) is 0 Å². The first-order valence-electron chi connectivity index (χ1n) is 7.17. The lowest BCUT2D eigenvalue weighted by molar-refractivity contribution is 1.10. The van der Waals surface area contributed by atoms with Gasteiger partial charge in [-0.15, -0.1) is 0 Å². The second-order valence-electron chi connectivity index (χ2n) is 5.89. The summed E-state index contributed by atoms with van der Waals surface area (Å²) in [6.45, 7) is 4.32. The van der Waals surface area contributed by atoms with Crippen molar-refractivity contribution >= 4 is 10.8 Å². The van der Waals surface area contributed by atoms with Crippen LogP contribution in [0.3, 0.4) is 0 Å². The van der Waals surface area contributed by atoms with E-state index in [2.05, 4.69) is 68.8 Å². The molecular formula is C20H17+. The van der Waals surface area contributed by atoms with E-state index in [1.165, 1.54) is 44.2 Å². The summed E-state index contributed by atoms with van der Waals surface area (Å²) in [5.74, 6) is 0. The van der Waals surface area contributed by atoms with E-state index < -0.39 is 0 Å². The van der Waals surface area contributed by atoms with E-state index in [1.807, 2.05) is 0 Å². The van der Waals surface area contributed by atoms with Crippen molar-refractivity contribution in [3.8, 4) is 0 Å². The Hall–Kier alpha value is -2.21. The fourth-order valence-electron chi connectivity index (χ4n) is 3.23. The summed E-state index contributed by atoms with van der Waals surface area (Å²) in [7, 11) is 0. The summed E-state index contributed by atoms with van der Waals surface area (Å²) in [5.41, 5.74) is 8.33. The fourth-order valence-corrected chi connectivity index (χ4v) is 3.23. The first-order chi connectivity index (χ1) is 9.70. The molecule has 0 fully saturated rings. The van der Waals surface area contributed by atoms with Gasteiger partial charge in [-0.3, -0.25) is 0 Å². The molecule has 1 aliphatic rings. The van der Waals surface area contributed by atoms with Gasteiger partial charge in [0, 0.05) is 29.0 Å². The van der Waals surface area contributed by atoms with Crippen LogP contribution in [0, 0.1) is 20.3 Å². The SMILES string of the molecule is Cc1ccc2c(c1)Cc1ccc3cc(C)ccc3c1[CH+]2. The molecule has 0 saturated carbocycles. The number of benzene rings is 3. The second kappa shape index (κ2) is 4.14. The Morgan fingerprint density at radius 1 is 0.800 bits per heavy atom. The predicted molar refractivity (Wildman–Crippen MR) is 85.2 cm³/mol. The Morgan fingerprint density at radius 2 is 1.60 bits per heavy atom. The number of hydrogen-bond donors (Lipinski definition) is 0. The molecule has 3 aromatic carbocycles. The minimum atomic E-state index is 1.05. The molecule has 0 radical (unpaired) electrons. The van der Waals surface area contributed by atoms with Gasteiger partial charge in [-0.2, -0.15) is 0 Å². The summed E-state index contributed by atoms with van der Waals surface area (Å²) >= 11 is 0. The third kappa shape index (κ3) is 1.72. The maximum absolute atomic E-state index is 2.35. The molecule has 0 saturated heterocycles. The van der Waals surface area contributed by atoms with E-state index >= 15 is 0 Å². The van der Waals surface area contributed by atoms with Crippen molar-refractivity contribution in [3.63, 3.8) is 0 Å². The predicted octanol–water partition coefficient (Wildman–Crippen LogP) is 4.96. The maximum atomic E-state index is 2.35. The van der Waals surface area contributed by atoms with Crippen molar-refractivity contribution < 1.29 is 0 Å². The molecule has 0 aliphatic heterocycles. The molecule has 0 heterocycles. The second-order valence-corrected chi connectivity index (χ2v) is 5.89. The zero-order valence-electron chi connectivity index (χ0n) is 11.9. The first kappa shape index (κ1) is 11.6. The molecule has 20 heavy (non-hydrogen) atoms. The normalized spacial score (nSPS) is 12.7. The van der Waals surface area contributed by atoms with Gasteiger partial charge >= 0.3 is 0 Å². The van der Waals surface area contributed by atoms with Crippen LogP contribution in [-0.2, 0) is 6.42 Å². The molecule has 0 aromatic heterocycles. The average Bonchev–Trinajstić information content (AvgIpc) is 2.44. The molecule has 3 aromatic rings. The van der Waals surface area contributed by atoms with Gasteiger partial charge in [0.25, 0.3) is 0 Å². The van der Waals surface area contributed by atoms with Gasteiger partial charge < -0.3 is 0 Å². The van der Waals surface area contributed by atoms with Gasteiger partial charge in [0.15, 0.2) is 0 Å². The molecule has 0 spiro atoms. The van der Waals surface area contributed by atoms with Crippen LogP contribution in [0.15, 0.2) is 48.5 Å². The van der Waals surface area contributed by atoms with Crippen LogP contribution in [0.4, 0.5) is 0 Å². The quantitative estimate of drug-likeness (QED) is 0.390. The Morgan fingerprint density at radius 3 is 2.50 bits per heavy atom. The summed E-state index contributed by atoms with van der Waals surface area (Å²) in [6.07, 6.45) is 3.40. The van der Waals surface area contributed by atoms with Gasteiger partial charge in [0.1, 0.15) is 0 Å². The van der Waals surface area contributed by atoms with Crippen molar-refractivity contribution in [3.05, 3.63) is 88.3 Å². The largest absolute Gasteiger partial charge is 0.0846 e. The molecule has 0 unspecified atom stereocenters. The van der Waals surface area contributed by atoms with E-state index in [9.17, 15) is 0 Å². The Kier molecular flexibility index (Phi) is 2.40. The topological polar surface area (TPSA) is 0 Å². The van der Waals surface area contributed by atoms with Crippen LogP contribution in [0.5, 0.6) is 0 Å². The molecule has 0 bridgehead atoms. The Balaban J connectivity index is 1.93. The highest BCUT2D eigenvalue weighted by Gasteiger charge is 2.24. The lowest BCUT2D eigenvalue weighted by atomic mass is 9.83. The van der Waals surface area contributed by atoms with Crippen molar-refractivity contribution in [1.82, 2.24) is 0 Å². The molecule has 0 amide bonds. The molecule has 0 nitrogen and oxygen atoms in total. The zero-order valence-corrected chi connectivity index (χ0v) is 11.9. The lowest BCUT2D eigenvalue weighted by Crippen LogP contribution is -2.06. The van der Waals surface area contributed by atoms with Crippen molar-refractivity contribution in [2.45, 2.75) is 20.3 Å². The van der Waals surface area contributed by atoms with Gasteiger partial charge in [-0.1, -0.05) is 6.07 Å². The molecule has 96 valence electrons. The summed E-state index contributed by atoms with van der Waals surface area (Å²) in [4.78, 5) is 0. The molecule has 1 aliphatic carbocycles. The standard InChI is InChI=1S/C20H17/c1-13-3-5-15-12-20-17(11-18(15)10-13)7-6-16-9-14(2)4-8-19(16)20/h3-10,12H,11H2,1-2H3/q+1. The first-order valence-corrected chi connectivity index (χ1v) is 7.17. The van der Waals surface area contributed by atoms with Crippen molar-refractivity contribution in [2.75, 3.05) is 0 Å². The Bertz CT molecular complexity index is 825. The molecule has 0 atom stereocenters. The van der Waals surface area contributed by atoms with Crippen LogP contribution in [0.1, 0.15) is 33.4 Å². The number of rotatable bonds is 0. The number of fused-ring (bicyclic) bond motifs is 4. The monoisotopic (exact) mass is 257 g/mol. The maximum Gasteiger partial charge on any atom is 0.0846 e. The Labute approximate surface area is 120 Å². The van der Waals surface area contributed by atoms with E-state index in [-0.39, 0.29) is 0 Å². The van der Waals surface area contributed by atoms with E-state index in [1.54, 1.807) is 0 Å². The highest BCUT2D eigenvalue weighted by Crippen LogP contribution is 2.34. The van der Waals surface area contributed by atoms with Crippen LogP contribution in [0.2, 0.25) is 0 Å². The van der Waals surface area contributed by atoms with Crippen LogP contribution in [0.25, 0.3) is 10.8 Å². The van der Waals surface area contributed by atoms with Gasteiger partial charge in [0.2, 0.25) is 0 Å². The average molecular weight is 257 g/mol. The van der Waals surface area contributed by atoms with Crippen molar-refractivity contribution in [2.24, 2.45) is 0 Å². The number of aryl methyl sites for hydroxylation is 2. The minimum absolute atomic E-state index is 1.05. The van der Waals surface area contributed by atoms with Crippen LogP contribution >= 0.6 is 0 Å². The lowest BCUT2D eigenvalue weighted by Gasteiger charge is -2.15. The third-order valence-electron chi connectivity index (χ3n) is 4.29. The minimum Gasteiger partial charge on any atom is -0.0508 e. The van der Waals surface area contributed by atoms with Crippen molar-refractivity contribution in [1.29, 1.82) is 0 Å². The van der Waals surface area contributed by atoms with E-state index in [4.69, 9.17) is 0 Å². The van der Waals surface area contributed by atoms with E-state index in [0.29, 0.717) is 0 Å². The third-order valence-corrected chi connectivity index (χ3v) is 4.29. The van der Waals surface area contributed by atoms with Crippen LogP contribution < -0.4 is 0 Å². The summed E-state index contributed by atoms with van der Waals surface area (Å²) in [6, 6.07) is 18.1.